The summed E-state index contributed by atoms with van der Waals surface area (Å²) in [5, 5.41) is 12.0. The quantitative estimate of drug-likeness (QED) is 0.377. The average molecular weight is 380 g/mol. The van der Waals surface area contributed by atoms with Crippen molar-refractivity contribution < 1.29 is 9.53 Å². The lowest BCUT2D eigenvalue weighted by atomic mass is 9.56. The van der Waals surface area contributed by atoms with E-state index < -0.39 is 0 Å². The van der Waals surface area contributed by atoms with Crippen LogP contribution in [-0.2, 0) is 9.53 Å². The predicted octanol–water partition coefficient (Wildman–Crippen LogP) is 5.20. The highest BCUT2D eigenvalue weighted by Gasteiger charge is 2.34. The molecule has 0 aliphatic carbocycles. The maximum absolute atomic E-state index is 12.3. The number of esters is 1. The number of methoxy groups -OCH3 is 1. The Kier molecular flexibility index (Phi) is 4.36. The molecule has 0 unspecified atom stereocenters. The molecule has 142 valence electrons. The molecule has 0 saturated heterocycles. The van der Waals surface area contributed by atoms with Gasteiger partial charge in [-0.15, -0.1) is 0 Å². The van der Waals surface area contributed by atoms with Gasteiger partial charge in [0.25, 0.3) is 0 Å². The molecule has 1 aliphatic rings. The number of carbonyl (C=O) groups is 1. The maximum atomic E-state index is 12.3. The zero-order valence-electron chi connectivity index (χ0n) is 16.2. The van der Waals surface area contributed by atoms with Crippen molar-refractivity contribution in [2.24, 2.45) is 0 Å². The molecule has 1 aliphatic heterocycles. The third-order valence-corrected chi connectivity index (χ3v) is 5.75. The normalized spacial score (nSPS) is 13.6. The number of hydrogen-bond donors (Lipinski definition) is 2. The summed E-state index contributed by atoms with van der Waals surface area (Å²) in [6, 6.07) is 27.2. The second-order valence-electron chi connectivity index (χ2n) is 7.47. The lowest BCUT2D eigenvalue weighted by Crippen LogP contribution is -2.44. The molecule has 0 saturated carbocycles. The van der Waals surface area contributed by atoms with E-state index in [-0.39, 0.29) is 25.2 Å². The largest absolute Gasteiger partial charge is 0.469 e. The Hall–Kier alpha value is -3.47. The molecule has 2 N–H and O–H groups in total. The van der Waals surface area contributed by atoms with Gasteiger partial charge in [0.1, 0.15) is 0 Å². The Balaban J connectivity index is 1.57. The average Bonchev–Trinajstić information content (AvgIpc) is 2.77. The molecule has 4 nitrogen and oxygen atoms in total. The number of rotatable bonds is 4. The van der Waals surface area contributed by atoms with E-state index in [4.69, 9.17) is 4.74 Å². The molecular weight excluding hydrogens is 359 g/mol. The smallest absolute Gasteiger partial charge is 0.378 e. The number of nitrogens with one attached hydrogen (secondary N) is 2. The van der Waals surface area contributed by atoms with Gasteiger partial charge < -0.3 is 15.2 Å². The summed E-state index contributed by atoms with van der Waals surface area (Å²) < 4.78 is 5.01. The first-order valence-electron chi connectivity index (χ1n) is 9.83. The zero-order chi connectivity index (χ0) is 19.8. The van der Waals surface area contributed by atoms with Crippen LogP contribution < -0.4 is 10.5 Å². The SMILES string of the molecule is COC(=O)C[C@@H](B1Nc2cccc3cccc(c23)N1)c1ccc2ccccc2c1. The van der Waals surface area contributed by atoms with Gasteiger partial charge in [-0.1, -0.05) is 66.7 Å². The number of benzene rings is 4. The van der Waals surface area contributed by atoms with Crippen LogP contribution in [0.15, 0.2) is 78.9 Å². The predicted molar refractivity (Wildman–Crippen MR) is 120 cm³/mol. The first-order chi connectivity index (χ1) is 14.2. The standard InChI is InChI=1S/C24H21BN2O2/c1-29-23(28)15-20(19-13-12-16-6-2-3-7-18(16)14-19)25-26-21-10-4-8-17-9-5-11-22(27-25)24(17)21/h2-14,20,26-27H,15H2,1H3/t20-/m1/s1. The molecule has 1 heterocycles. The molecule has 29 heavy (non-hydrogen) atoms. The molecule has 0 radical (unpaired) electrons. The Morgan fingerprint density at radius 2 is 1.52 bits per heavy atom. The molecule has 4 aromatic carbocycles. The second kappa shape index (κ2) is 7.17. The van der Waals surface area contributed by atoms with Crippen LogP contribution in [-0.4, -0.2) is 20.1 Å². The summed E-state index contributed by atoms with van der Waals surface area (Å²) >= 11 is 0. The Morgan fingerprint density at radius 1 is 0.862 bits per heavy atom. The highest BCUT2D eigenvalue weighted by Crippen LogP contribution is 2.37. The van der Waals surface area contributed by atoms with Crippen LogP contribution >= 0.6 is 0 Å². The maximum Gasteiger partial charge on any atom is 0.378 e. The summed E-state index contributed by atoms with van der Waals surface area (Å²) in [5.41, 5.74) is 3.26. The van der Waals surface area contributed by atoms with Gasteiger partial charge in [-0.3, -0.25) is 4.79 Å². The molecule has 1 atom stereocenters. The van der Waals surface area contributed by atoms with Crippen LogP contribution in [0.2, 0.25) is 0 Å². The molecule has 0 amide bonds. The highest BCUT2D eigenvalue weighted by atomic mass is 16.5. The lowest BCUT2D eigenvalue weighted by molar-refractivity contribution is -0.140. The van der Waals surface area contributed by atoms with Crippen molar-refractivity contribution >= 4 is 45.9 Å². The number of anilines is 2. The molecule has 0 bridgehead atoms. The van der Waals surface area contributed by atoms with Crippen molar-refractivity contribution in [2.75, 3.05) is 17.6 Å². The third kappa shape index (κ3) is 3.19. The molecule has 0 aromatic heterocycles. The zero-order valence-corrected chi connectivity index (χ0v) is 16.2. The Morgan fingerprint density at radius 3 is 2.21 bits per heavy atom. The third-order valence-electron chi connectivity index (χ3n) is 5.75. The Bertz CT molecular complexity index is 1180. The minimum Gasteiger partial charge on any atom is -0.469 e. The minimum atomic E-state index is -0.219. The fourth-order valence-electron chi connectivity index (χ4n) is 4.28. The van der Waals surface area contributed by atoms with Gasteiger partial charge in [0.05, 0.1) is 7.11 Å². The van der Waals surface area contributed by atoms with Crippen molar-refractivity contribution in [2.45, 2.75) is 12.2 Å². The summed E-state index contributed by atoms with van der Waals surface area (Å²) in [5.74, 6) is -0.306. The van der Waals surface area contributed by atoms with E-state index in [0.717, 1.165) is 22.3 Å². The van der Waals surface area contributed by atoms with Gasteiger partial charge in [-0.2, -0.15) is 0 Å². The fourth-order valence-corrected chi connectivity index (χ4v) is 4.28. The van der Waals surface area contributed by atoms with Crippen molar-refractivity contribution in [1.82, 2.24) is 0 Å². The monoisotopic (exact) mass is 380 g/mol. The molecule has 5 heteroatoms. The van der Waals surface area contributed by atoms with Gasteiger partial charge in [0.2, 0.25) is 0 Å². The van der Waals surface area contributed by atoms with Crippen LogP contribution in [0.25, 0.3) is 21.5 Å². The van der Waals surface area contributed by atoms with Gasteiger partial charge in [-0.25, -0.2) is 0 Å². The number of carbonyl (C=O) groups excluding carboxylic acids is 1. The van der Waals surface area contributed by atoms with Crippen molar-refractivity contribution in [1.29, 1.82) is 0 Å². The number of hydrogen-bond acceptors (Lipinski definition) is 4. The second-order valence-corrected chi connectivity index (χ2v) is 7.47. The first-order valence-corrected chi connectivity index (χ1v) is 9.83. The van der Waals surface area contributed by atoms with Crippen LogP contribution in [0.1, 0.15) is 17.8 Å². The summed E-state index contributed by atoms with van der Waals surface area (Å²) in [4.78, 5) is 12.3. The minimum absolute atomic E-state index is 0.0873. The van der Waals surface area contributed by atoms with Gasteiger partial charge >= 0.3 is 13.0 Å². The van der Waals surface area contributed by atoms with Crippen LogP contribution in [0.4, 0.5) is 11.4 Å². The van der Waals surface area contributed by atoms with E-state index in [1.165, 1.54) is 23.3 Å². The van der Waals surface area contributed by atoms with E-state index >= 15 is 0 Å². The van der Waals surface area contributed by atoms with Crippen LogP contribution in [0, 0.1) is 0 Å². The first kappa shape index (κ1) is 17.6. The van der Waals surface area contributed by atoms with Crippen LogP contribution in [0.3, 0.4) is 0 Å². The van der Waals surface area contributed by atoms with Crippen molar-refractivity contribution in [3.05, 3.63) is 84.4 Å². The molecule has 0 spiro atoms. The van der Waals surface area contributed by atoms with E-state index in [2.05, 4.69) is 77.2 Å². The van der Waals surface area contributed by atoms with Crippen LogP contribution in [0.5, 0.6) is 0 Å². The van der Waals surface area contributed by atoms with E-state index in [1.807, 2.05) is 12.1 Å². The van der Waals surface area contributed by atoms with Gasteiger partial charge in [-0.05, 0) is 33.9 Å². The molecule has 0 fully saturated rings. The molecule has 4 aromatic rings. The van der Waals surface area contributed by atoms with Gasteiger partial charge in [0, 0.05) is 29.0 Å². The fraction of sp³-hybridized carbons (Fsp3) is 0.125. The van der Waals surface area contributed by atoms with E-state index in [9.17, 15) is 4.79 Å². The van der Waals surface area contributed by atoms with Crippen molar-refractivity contribution in [3.63, 3.8) is 0 Å². The van der Waals surface area contributed by atoms with Gasteiger partial charge in [0.15, 0.2) is 0 Å². The number of ether oxygens (including phenoxy) is 1. The molecule has 5 rings (SSSR count). The van der Waals surface area contributed by atoms with E-state index in [1.54, 1.807) is 0 Å². The highest BCUT2D eigenvalue weighted by molar-refractivity contribution is 6.69. The topological polar surface area (TPSA) is 50.4 Å². The molecular formula is C24H21BN2O2. The van der Waals surface area contributed by atoms with Crippen molar-refractivity contribution in [3.8, 4) is 0 Å². The lowest BCUT2D eigenvalue weighted by Gasteiger charge is -2.31. The summed E-state index contributed by atoms with van der Waals surface area (Å²) in [6.07, 6.45) is 0.289. The number of fused-ring (bicyclic) bond motifs is 1. The summed E-state index contributed by atoms with van der Waals surface area (Å²) in [6.45, 7) is -0.129. The summed E-state index contributed by atoms with van der Waals surface area (Å²) in [7, 11) is 1.44. The Labute approximate surface area is 170 Å². The van der Waals surface area contributed by atoms with E-state index in [0.29, 0.717) is 0 Å².